The van der Waals surface area contributed by atoms with E-state index in [-0.39, 0.29) is 11.7 Å². The molecule has 140 valence electrons. The predicted molar refractivity (Wildman–Crippen MR) is 109 cm³/mol. The van der Waals surface area contributed by atoms with Gasteiger partial charge in [-0.25, -0.2) is 4.39 Å². The molecule has 2 atom stereocenters. The fourth-order valence-corrected chi connectivity index (χ4v) is 5.55. The Morgan fingerprint density at radius 1 is 1.19 bits per heavy atom. The van der Waals surface area contributed by atoms with Crippen molar-refractivity contribution in [2.24, 2.45) is 5.41 Å². The van der Waals surface area contributed by atoms with Crippen molar-refractivity contribution in [3.05, 3.63) is 59.4 Å². The van der Waals surface area contributed by atoms with Crippen molar-refractivity contribution in [2.75, 3.05) is 12.9 Å². The monoisotopic (exact) mass is 372 g/mol. The van der Waals surface area contributed by atoms with Gasteiger partial charge in [0.15, 0.2) is 11.6 Å². The summed E-state index contributed by atoms with van der Waals surface area (Å²) in [6.07, 6.45) is 5.96. The fraction of sp³-hybridized carbons (Fsp3) is 0.478. The van der Waals surface area contributed by atoms with Gasteiger partial charge in [0.25, 0.3) is 0 Å². The lowest BCUT2D eigenvalue weighted by Gasteiger charge is -2.34. The van der Waals surface area contributed by atoms with Gasteiger partial charge in [0.2, 0.25) is 0 Å². The average molecular weight is 373 g/mol. The van der Waals surface area contributed by atoms with E-state index in [0.717, 1.165) is 24.2 Å². The van der Waals surface area contributed by atoms with Crippen LogP contribution in [0.2, 0.25) is 0 Å². The first-order chi connectivity index (χ1) is 12.6. The molecule has 0 N–H and O–H groups in total. The maximum Gasteiger partial charge on any atom is 0.165 e. The molecule has 0 saturated carbocycles. The lowest BCUT2D eigenvalue weighted by Crippen LogP contribution is -2.25. The second-order valence-electron chi connectivity index (χ2n) is 7.44. The minimum Gasteiger partial charge on any atom is -0.494 e. The van der Waals surface area contributed by atoms with Crippen molar-refractivity contribution in [1.29, 1.82) is 0 Å². The van der Waals surface area contributed by atoms with Crippen LogP contribution in [0, 0.1) is 11.2 Å². The first-order valence-corrected chi connectivity index (χ1v) is 10.7. The van der Waals surface area contributed by atoms with E-state index >= 15 is 0 Å². The third-order valence-electron chi connectivity index (χ3n) is 5.84. The fourth-order valence-electron chi connectivity index (χ4n) is 4.07. The van der Waals surface area contributed by atoms with Crippen molar-refractivity contribution in [3.63, 3.8) is 0 Å². The van der Waals surface area contributed by atoms with Crippen molar-refractivity contribution < 1.29 is 9.13 Å². The van der Waals surface area contributed by atoms with E-state index in [1.165, 1.54) is 29.7 Å². The van der Waals surface area contributed by atoms with E-state index in [2.05, 4.69) is 44.2 Å². The Morgan fingerprint density at radius 2 is 1.96 bits per heavy atom. The smallest absolute Gasteiger partial charge is 0.165 e. The summed E-state index contributed by atoms with van der Waals surface area (Å²) in [5.41, 5.74) is 2.70. The number of hydrogen-bond acceptors (Lipinski definition) is 2. The van der Waals surface area contributed by atoms with Gasteiger partial charge in [0.05, 0.1) is 7.11 Å². The molecule has 26 heavy (non-hydrogen) atoms. The molecule has 1 nitrogen and oxygen atoms in total. The van der Waals surface area contributed by atoms with Crippen LogP contribution in [0.4, 0.5) is 4.39 Å². The predicted octanol–water partition coefficient (Wildman–Crippen LogP) is 7.05. The van der Waals surface area contributed by atoms with Gasteiger partial charge in [-0.1, -0.05) is 57.0 Å². The molecule has 3 rings (SSSR count). The summed E-state index contributed by atoms with van der Waals surface area (Å²) < 4.78 is 19.8. The first kappa shape index (κ1) is 19.3. The highest BCUT2D eigenvalue weighted by atomic mass is 32.2. The lowest BCUT2D eigenvalue weighted by molar-refractivity contribution is 0.250. The van der Waals surface area contributed by atoms with Crippen molar-refractivity contribution in [2.45, 2.75) is 56.8 Å². The van der Waals surface area contributed by atoms with E-state index in [9.17, 15) is 4.39 Å². The average Bonchev–Trinajstić information content (AvgIpc) is 2.84. The van der Waals surface area contributed by atoms with Crippen molar-refractivity contribution in [1.82, 2.24) is 0 Å². The van der Waals surface area contributed by atoms with Crippen LogP contribution in [-0.2, 0) is 0 Å². The second-order valence-corrected chi connectivity index (χ2v) is 8.45. The molecule has 0 aromatic heterocycles. The van der Waals surface area contributed by atoms with Crippen LogP contribution in [0.1, 0.15) is 63.0 Å². The molecule has 2 unspecified atom stereocenters. The molecule has 0 amide bonds. The standard InChI is InChI=1S/C23H29FOS/c1-4-6-12-23(5-2)15-19(17-10-8-7-9-11-17)18-13-20(24)21(25-3)14-22(18)26-16-23/h7-11,13-14,19H,4-6,12,15-16H2,1-3H3. The van der Waals surface area contributed by atoms with Gasteiger partial charge >= 0.3 is 0 Å². The molecule has 0 aliphatic carbocycles. The van der Waals surface area contributed by atoms with Crippen LogP contribution in [0.15, 0.2) is 47.4 Å². The molecule has 1 heterocycles. The molecule has 1 aliphatic heterocycles. The zero-order valence-corrected chi connectivity index (χ0v) is 16.9. The summed E-state index contributed by atoms with van der Waals surface area (Å²) in [5, 5.41) is 0. The van der Waals surface area contributed by atoms with Crippen LogP contribution in [0.5, 0.6) is 5.75 Å². The van der Waals surface area contributed by atoms with Crippen LogP contribution < -0.4 is 4.74 Å². The summed E-state index contributed by atoms with van der Waals surface area (Å²) in [5.74, 6) is 1.42. The number of unbranched alkanes of at least 4 members (excludes halogenated alkanes) is 1. The highest BCUT2D eigenvalue weighted by molar-refractivity contribution is 7.99. The summed E-state index contributed by atoms with van der Waals surface area (Å²) in [6, 6.07) is 14.2. The van der Waals surface area contributed by atoms with Crippen LogP contribution in [0.25, 0.3) is 0 Å². The van der Waals surface area contributed by atoms with Crippen molar-refractivity contribution in [3.8, 4) is 5.75 Å². The molecule has 0 saturated heterocycles. The molecular weight excluding hydrogens is 343 g/mol. The third-order valence-corrected chi connectivity index (χ3v) is 7.26. The van der Waals surface area contributed by atoms with E-state index in [1.54, 1.807) is 13.2 Å². The molecule has 1 aliphatic rings. The van der Waals surface area contributed by atoms with Gasteiger partial charge < -0.3 is 4.74 Å². The number of thioether (sulfide) groups is 1. The van der Waals surface area contributed by atoms with Gasteiger partial charge in [0.1, 0.15) is 0 Å². The quantitative estimate of drug-likeness (QED) is 0.537. The molecule has 0 bridgehead atoms. The van der Waals surface area contributed by atoms with Gasteiger partial charge in [-0.15, -0.1) is 11.8 Å². The Labute approximate surface area is 161 Å². The van der Waals surface area contributed by atoms with Crippen LogP contribution in [-0.4, -0.2) is 12.9 Å². The summed E-state index contributed by atoms with van der Waals surface area (Å²) >= 11 is 1.88. The Kier molecular flexibility index (Phi) is 6.29. The minimum absolute atomic E-state index is 0.235. The SMILES string of the molecule is CCCCC1(CC)CSc2cc(OC)c(F)cc2C(c2ccccc2)C1. The Morgan fingerprint density at radius 3 is 2.62 bits per heavy atom. The van der Waals surface area contributed by atoms with Gasteiger partial charge in [-0.3, -0.25) is 0 Å². The summed E-state index contributed by atoms with van der Waals surface area (Å²) in [7, 11) is 1.54. The van der Waals surface area contributed by atoms with Gasteiger partial charge in [-0.05, 0) is 47.9 Å². The highest BCUT2D eigenvalue weighted by Gasteiger charge is 2.36. The maximum absolute atomic E-state index is 14.5. The molecule has 2 aromatic rings. The van der Waals surface area contributed by atoms with Gasteiger partial charge in [0, 0.05) is 16.6 Å². The molecular formula is C23H29FOS. The number of fused-ring (bicyclic) bond motifs is 1. The van der Waals surface area contributed by atoms with E-state index in [1.807, 2.05) is 17.8 Å². The van der Waals surface area contributed by atoms with E-state index in [0.29, 0.717) is 11.2 Å². The summed E-state index contributed by atoms with van der Waals surface area (Å²) in [4.78, 5) is 1.17. The van der Waals surface area contributed by atoms with Crippen molar-refractivity contribution >= 4 is 11.8 Å². The normalized spacial score (nSPS) is 22.5. The molecule has 0 fully saturated rings. The number of methoxy groups -OCH3 is 1. The molecule has 0 spiro atoms. The first-order valence-electron chi connectivity index (χ1n) is 9.67. The topological polar surface area (TPSA) is 9.23 Å². The zero-order valence-electron chi connectivity index (χ0n) is 16.1. The number of benzene rings is 2. The van der Waals surface area contributed by atoms with E-state index < -0.39 is 0 Å². The minimum atomic E-state index is -0.259. The third kappa shape index (κ3) is 3.93. The van der Waals surface area contributed by atoms with Crippen LogP contribution in [0.3, 0.4) is 0 Å². The van der Waals surface area contributed by atoms with Crippen LogP contribution >= 0.6 is 11.8 Å². The van der Waals surface area contributed by atoms with E-state index in [4.69, 9.17) is 4.74 Å². The Hall–Kier alpha value is -1.48. The number of rotatable bonds is 6. The molecule has 3 heteroatoms. The Balaban J connectivity index is 2.09. The number of hydrogen-bond donors (Lipinski definition) is 0. The maximum atomic E-state index is 14.5. The highest BCUT2D eigenvalue weighted by Crippen LogP contribution is 2.51. The molecule has 2 aromatic carbocycles. The van der Waals surface area contributed by atoms with Gasteiger partial charge in [-0.2, -0.15) is 0 Å². The number of ether oxygens (including phenoxy) is 1. The molecule has 0 radical (unpaired) electrons. The summed E-state index contributed by atoms with van der Waals surface area (Å²) in [6.45, 7) is 4.58. The number of halogens is 1. The lowest BCUT2D eigenvalue weighted by atomic mass is 9.71. The zero-order chi connectivity index (χ0) is 18.6. The largest absolute Gasteiger partial charge is 0.494 e. The Bertz CT molecular complexity index is 730. The second kappa shape index (κ2) is 8.47.